The maximum atomic E-state index is 12.8. The van der Waals surface area contributed by atoms with Crippen molar-refractivity contribution >= 4 is 17.6 Å². The molecule has 1 fully saturated rings. The normalized spacial score (nSPS) is 17.5. The molecule has 0 spiro atoms. The Balaban J connectivity index is 1.84. The number of aromatic nitrogens is 2. The number of piperidine rings is 1. The molecule has 3 N–H and O–H groups in total. The monoisotopic (exact) mass is 345 g/mol. The highest BCUT2D eigenvalue weighted by Crippen LogP contribution is 2.22. The molecule has 25 heavy (non-hydrogen) atoms. The zero-order chi connectivity index (χ0) is 18.0. The number of imidazole rings is 1. The number of fused-ring (bicyclic) bond motifs is 1. The molecular weight excluding hydrogens is 322 g/mol. The van der Waals surface area contributed by atoms with Crippen LogP contribution in [0.2, 0.25) is 0 Å². The SMILES string of the molecule is CCOc1cccn2c(C(=O)N[C@H]3CCCN(C(N)=O)C3)c(C)nc12. The van der Waals surface area contributed by atoms with Crippen LogP contribution in [0.1, 0.15) is 35.9 Å². The molecule has 2 aromatic heterocycles. The summed E-state index contributed by atoms with van der Waals surface area (Å²) in [5.74, 6) is 0.430. The molecule has 1 atom stereocenters. The molecule has 8 nitrogen and oxygen atoms in total. The number of ether oxygens (including phenoxy) is 1. The summed E-state index contributed by atoms with van der Waals surface area (Å²) < 4.78 is 7.32. The molecule has 0 bridgehead atoms. The van der Waals surface area contributed by atoms with Gasteiger partial charge < -0.3 is 20.7 Å². The Morgan fingerprint density at radius 3 is 3.00 bits per heavy atom. The van der Waals surface area contributed by atoms with Crippen LogP contribution in [-0.4, -0.2) is 52.0 Å². The summed E-state index contributed by atoms with van der Waals surface area (Å²) in [7, 11) is 0. The second-order valence-electron chi connectivity index (χ2n) is 6.14. The lowest BCUT2D eigenvalue weighted by Gasteiger charge is -2.31. The van der Waals surface area contributed by atoms with Crippen LogP contribution in [0.25, 0.3) is 5.65 Å². The molecular formula is C17H23N5O3. The summed E-state index contributed by atoms with van der Waals surface area (Å²) >= 11 is 0. The zero-order valence-electron chi connectivity index (χ0n) is 14.5. The number of primary amides is 1. The quantitative estimate of drug-likeness (QED) is 0.872. The van der Waals surface area contributed by atoms with Crippen LogP contribution in [0.4, 0.5) is 4.79 Å². The molecule has 8 heteroatoms. The predicted octanol–water partition coefficient (Wildman–Crippen LogP) is 1.31. The molecule has 2 aromatic rings. The standard InChI is InChI=1S/C17H23N5O3/c1-3-25-13-7-5-9-22-14(11(2)19-15(13)22)16(23)20-12-6-4-8-21(10-12)17(18)24/h5,7,9,12H,3-4,6,8,10H2,1-2H3,(H2,18,24)(H,20,23)/t12-/m0/s1. The number of hydrogen-bond acceptors (Lipinski definition) is 4. The van der Waals surface area contributed by atoms with Crippen molar-refractivity contribution in [3.8, 4) is 5.75 Å². The average molecular weight is 345 g/mol. The summed E-state index contributed by atoms with van der Waals surface area (Å²) in [6.45, 7) is 5.29. The Morgan fingerprint density at radius 2 is 2.28 bits per heavy atom. The number of aryl methyl sites for hydroxylation is 1. The van der Waals surface area contributed by atoms with Gasteiger partial charge in [0, 0.05) is 25.3 Å². The van der Waals surface area contributed by atoms with E-state index in [9.17, 15) is 9.59 Å². The lowest BCUT2D eigenvalue weighted by atomic mass is 10.1. The van der Waals surface area contributed by atoms with E-state index in [-0.39, 0.29) is 11.9 Å². The van der Waals surface area contributed by atoms with Crippen LogP contribution in [0.5, 0.6) is 5.75 Å². The van der Waals surface area contributed by atoms with Gasteiger partial charge in [-0.05, 0) is 38.8 Å². The number of nitrogens with zero attached hydrogens (tertiary/aromatic N) is 3. The molecule has 0 aliphatic carbocycles. The molecule has 3 rings (SSSR count). The van der Waals surface area contributed by atoms with E-state index >= 15 is 0 Å². The molecule has 0 aromatic carbocycles. The van der Waals surface area contributed by atoms with Crippen LogP contribution in [0.15, 0.2) is 18.3 Å². The Hall–Kier alpha value is -2.77. The molecule has 3 heterocycles. The number of urea groups is 1. The molecule has 0 saturated carbocycles. The van der Waals surface area contributed by atoms with Crippen molar-refractivity contribution in [1.82, 2.24) is 19.6 Å². The van der Waals surface area contributed by atoms with Gasteiger partial charge in [-0.2, -0.15) is 0 Å². The number of rotatable bonds is 4. The Bertz CT molecular complexity index is 801. The first-order valence-corrected chi connectivity index (χ1v) is 8.47. The number of nitrogens with two attached hydrogens (primary N) is 1. The fourth-order valence-electron chi connectivity index (χ4n) is 3.25. The van der Waals surface area contributed by atoms with Gasteiger partial charge in [-0.25, -0.2) is 9.78 Å². The summed E-state index contributed by atoms with van der Waals surface area (Å²) in [4.78, 5) is 30.2. The van der Waals surface area contributed by atoms with Crippen molar-refractivity contribution in [2.24, 2.45) is 5.73 Å². The Morgan fingerprint density at radius 1 is 1.48 bits per heavy atom. The summed E-state index contributed by atoms with van der Waals surface area (Å²) in [5.41, 5.74) is 7.08. The Kier molecular flexibility index (Phi) is 4.78. The minimum atomic E-state index is -0.453. The molecule has 3 amide bonds. The average Bonchev–Trinajstić information content (AvgIpc) is 2.92. The van der Waals surface area contributed by atoms with Gasteiger partial charge in [0.25, 0.3) is 5.91 Å². The first-order chi connectivity index (χ1) is 12.0. The van der Waals surface area contributed by atoms with E-state index < -0.39 is 6.03 Å². The molecule has 1 aliphatic heterocycles. The number of likely N-dealkylation sites (tertiary alicyclic amines) is 1. The zero-order valence-corrected chi connectivity index (χ0v) is 14.5. The lowest BCUT2D eigenvalue weighted by molar-refractivity contribution is 0.0905. The third-order valence-corrected chi connectivity index (χ3v) is 4.37. The van der Waals surface area contributed by atoms with Crippen LogP contribution >= 0.6 is 0 Å². The third kappa shape index (κ3) is 3.38. The van der Waals surface area contributed by atoms with Gasteiger partial charge in [0.2, 0.25) is 0 Å². The van der Waals surface area contributed by atoms with E-state index in [0.717, 1.165) is 12.8 Å². The first-order valence-electron chi connectivity index (χ1n) is 8.47. The molecule has 1 aliphatic rings. The van der Waals surface area contributed by atoms with Gasteiger partial charge in [-0.15, -0.1) is 0 Å². The highest BCUT2D eigenvalue weighted by Gasteiger charge is 2.26. The maximum absolute atomic E-state index is 12.8. The van der Waals surface area contributed by atoms with Crippen molar-refractivity contribution in [1.29, 1.82) is 0 Å². The van der Waals surface area contributed by atoms with Crippen molar-refractivity contribution in [3.05, 3.63) is 29.7 Å². The first kappa shape index (κ1) is 17.1. The smallest absolute Gasteiger partial charge is 0.314 e. The fourth-order valence-corrected chi connectivity index (χ4v) is 3.25. The lowest BCUT2D eigenvalue weighted by Crippen LogP contribution is -2.51. The van der Waals surface area contributed by atoms with Crippen molar-refractivity contribution in [2.75, 3.05) is 19.7 Å². The summed E-state index contributed by atoms with van der Waals surface area (Å²) in [5, 5.41) is 3.00. The van der Waals surface area contributed by atoms with Gasteiger partial charge in [0.15, 0.2) is 11.4 Å². The molecule has 0 unspecified atom stereocenters. The van der Waals surface area contributed by atoms with Gasteiger partial charge >= 0.3 is 6.03 Å². The Labute approximate surface area is 145 Å². The predicted molar refractivity (Wildman–Crippen MR) is 92.7 cm³/mol. The minimum Gasteiger partial charge on any atom is -0.490 e. The largest absolute Gasteiger partial charge is 0.490 e. The minimum absolute atomic E-state index is 0.117. The van der Waals surface area contributed by atoms with Gasteiger partial charge in [0.1, 0.15) is 5.69 Å². The number of carbonyl (C=O) groups is 2. The van der Waals surface area contributed by atoms with Gasteiger partial charge in [0.05, 0.1) is 12.3 Å². The molecule has 1 saturated heterocycles. The second kappa shape index (κ2) is 7.00. The van der Waals surface area contributed by atoms with Crippen molar-refractivity contribution < 1.29 is 14.3 Å². The topological polar surface area (TPSA) is 102 Å². The highest BCUT2D eigenvalue weighted by atomic mass is 16.5. The van der Waals surface area contributed by atoms with Crippen LogP contribution < -0.4 is 15.8 Å². The number of nitrogens with one attached hydrogen (secondary N) is 1. The molecule has 0 radical (unpaired) electrons. The van der Waals surface area contributed by atoms with E-state index in [1.807, 2.05) is 19.1 Å². The molecule has 134 valence electrons. The van der Waals surface area contributed by atoms with E-state index in [2.05, 4.69) is 10.3 Å². The maximum Gasteiger partial charge on any atom is 0.314 e. The summed E-state index contributed by atoms with van der Waals surface area (Å²) in [6, 6.07) is 3.09. The number of hydrogen-bond donors (Lipinski definition) is 2. The summed E-state index contributed by atoms with van der Waals surface area (Å²) in [6.07, 6.45) is 3.42. The number of pyridine rings is 1. The number of amides is 3. The fraction of sp³-hybridized carbons (Fsp3) is 0.471. The van der Waals surface area contributed by atoms with E-state index in [1.54, 1.807) is 22.4 Å². The van der Waals surface area contributed by atoms with Crippen molar-refractivity contribution in [3.63, 3.8) is 0 Å². The third-order valence-electron chi connectivity index (χ3n) is 4.37. The van der Waals surface area contributed by atoms with E-state index in [1.165, 1.54) is 0 Å². The van der Waals surface area contributed by atoms with Crippen LogP contribution in [-0.2, 0) is 0 Å². The second-order valence-corrected chi connectivity index (χ2v) is 6.14. The highest BCUT2D eigenvalue weighted by molar-refractivity contribution is 5.95. The van der Waals surface area contributed by atoms with Crippen LogP contribution in [0, 0.1) is 6.92 Å². The van der Waals surface area contributed by atoms with Gasteiger partial charge in [-0.1, -0.05) is 0 Å². The van der Waals surface area contributed by atoms with Crippen molar-refractivity contribution in [2.45, 2.75) is 32.7 Å². The van der Waals surface area contributed by atoms with Crippen LogP contribution in [0.3, 0.4) is 0 Å². The van der Waals surface area contributed by atoms with Gasteiger partial charge in [-0.3, -0.25) is 9.20 Å². The van der Waals surface area contributed by atoms with E-state index in [0.29, 0.717) is 42.5 Å². The van der Waals surface area contributed by atoms with E-state index in [4.69, 9.17) is 10.5 Å². The number of carbonyl (C=O) groups excluding carboxylic acids is 2.